The van der Waals surface area contributed by atoms with Crippen molar-refractivity contribution in [2.24, 2.45) is 5.73 Å². The van der Waals surface area contributed by atoms with E-state index in [-0.39, 0.29) is 13.2 Å². The number of thiophene rings is 1. The fraction of sp³-hybridized carbons (Fsp3) is 0.333. The molecule has 128 valence electrons. The summed E-state index contributed by atoms with van der Waals surface area (Å²) in [5.74, 6) is 6.69. The number of aliphatic hydroxyl groups excluding tert-OH is 1. The predicted molar refractivity (Wildman–Crippen MR) is 101 cm³/mol. The monoisotopic (exact) mass is 383 g/mol. The van der Waals surface area contributed by atoms with Crippen LogP contribution in [0, 0.1) is 11.8 Å². The van der Waals surface area contributed by atoms with E-state index in [0.29, 0.717) is 15.8 Å². The Kier molecular flexibility index (Phi) is 6.97. The first kappa shape index (κ1) is 19.1. The molecule has 1 aromatic heterocycles. The second-order valence-corrected chi connectivity index (χ2v) is 7.73. The first-order valence-electron chi connectivity index (χ1n) is 7.45. The number of nitrogens with two attached hydrogens (primary N) is 1. The van der Waals surface area contributed by atoms with E-state index in [1.165, 1.54) is 4.88 Å². The van der Waals surface area contributed by atoms with Crippen LogP contribution in [0.4, 0.5) is 0 Å². The minimum Gasteiger partial charge on any atom is -0.481 e. The molecule has 1 aromatic carbocycles. The maximum Gasteiger partial charge on any atom is 0.149 e. The molecular weight excluding hydrogens is 365 g/mol. The molecule has 3 N–H and O–H groups in total. The van der Waals surface area contributed by atoms with Crippen molar-refractivity contribution in [1.82, 2.24) is 0 Å². The van der Waals surface area contributed by atoms with Crippen LogP contribution in [-0.2, 0) is 6.42 Å². The molecule has 0 fully saturated rings. The van der Waals surface area contributed by atoms with Crippen molar-refractivity contribution in [1.29, 1.82) is 0 Å². The Morgan fingerprint density at radius 1 is 1.25 bits per heavy atom. The fourth-order valence-electron chi connectivity index (χ4n) is 1.88. The third kappa shape index (κ3) is 6.01. The van der Waals surface area contributed by atoms with Crippen LogP contribution in [0.1, 0.15) is 23.1 Å². The van der Waals surface area contributed by atoms with Crippen molar-refractivity contribution in [3.63, 3.8) is 0 Å². The minimum absolute atomic E-state index is 0.0168. The third-order valence-electron chi connectivity index (χ3n) is 3.38. The number of benzene rings is 1. The van der Waals surface area contributed by atoms with Crippen LogP contribution < -0.4 is 10.5 Å². The summed E-state index contributed by atoms with van der Waals surface area (Å²) in [5, 5.41) is 10.1. The average molecular weight is 384 g/mol. The summed E-state index contributed by atoms with van der Waals surface area (Å²) < 4.78 is 5.52. The topological polar surface area (TPSA) is 55.5 Å². The summed E-state index contributed by atoms with van der Waals surface area (Å²) >= 11 is 13.4. The second-order valence-electron chi connectivity index (χ2n) is 5.74. The van der Waals surface area contributed by atoms with Crippen LogP contribution >= 0.6 is 34.5 Å². The quantitative estimate of drug-likeness (QED) is 0.737. The van der Waals surface area contributed by atoms with E-state index in [9.17, 15) is 5.11 Å². The molecule has 24 heavy (non-hydrogen) atoms. The Labute approximate surface area is 156 Å². The Hall–Kier alpha value is -1.22. The molecule has 0 bridgehead atoms. The number of hydrogen-bond donors (Lipinski definition) is 2. The largest absolute Gasteiger partial charge is 0.481 e. The highest BCUT2D eigenvalue weighted by molar-refractivity contribution is 7.12. The van der Waals surface area contributed by atoms with Gasteiger partial charge in [0.25, 0.3) is 0 Å². The van der Waals surface area contributed by atoms with Gasteiger partial charge in [0, 0.05) is 16.5 Å². The van der Waals surface area contributed by atoms with E-state index in [1.807, 2.05) is 19.1 Å². The van der Waals surface area contributed by atoms with Gasteiger partial charge in [-0.15, -0.1) is 11.3 Å². The molecule has 0 saturated heterocycles. The predicted octanol–water partition coefficient (Wildman–Crippen LogP) is 4.13. The molecule has 0 aliphatic carbocycles. The Bertz CT molecular complexity index is 747. The molecule has 1 atom stereocenters. The van der Waals surface area contributed by atoms with Gasteiger partial charge >= 0.3 is 0 Å². The van der Waals surface area contributed by atoms with Crippen molar-refractivity contribution in [2.75, 3.05) is 13.2 Å². The summed E-state index contributed by atoms with van der Waals surface area (Å²) in [5.41, 5.74) is 5.40. The summed E-state index contributed by atoms with van der Waals surface area (Å²) in [6.07, 6.45) is 1.57. The summed E-state index contributed by atoms with van der Waals surface area (Å²) in [6.45, 7) is 2.11. The highest BCUT2D eigenvalue weighted by atomic mass is 35.5. The van der Waals surface area contributed by atoms with Crippen molar-refractivity contribution < 1.29 is 9.84 Å². The van der Waals surface area contributed by atoms with Crippen molar-refractivity contribution >= 4 is 34.5 Å². The first-order valence-corrected chi connectivity index (χ1v) is 9.02. The van der Waals surface area contributed by atoms with Gasteiger partial charge in [0.05, 0.1) is 21.5 Å². The number of halogens is 2. The molecule has 0 radical (unpaired) electrons. The normalized spacial score (nSPS) is 13.0. The highest BCUT2D eigenvalue weighted by Gasteiger charge is 2.16. The standard InChI is InChI=1S/C18H19Cl2NO2S/c1-18(21,12-22)9-8-15-6-5-14(24-15)3-2-10-23-13-4-7-16(19)17(20)11-13/h4-7,11,22H,8-10,12,21H2,1H3. The molecular formula is C18H19Cl2NO2S. The molecule has 0 aliphatic heterocycles. The van der Waals surface area contributed by atoms with Gasteiger partial charge < -0.3 is 15.6 Å². The molecule has 2 aromatic rings. The molecule has 2 rings (SSSR count). The Morgan fingerprint density at radius 3 is 2.75 bits per heavy atom. The molecule has 1 unspecified atom stereocenters. The van der Waals surface area contributed by atoms with Crippen LogP contribution in [0.25, 0.3) is 0 Å². The van der Waals surface area contributed by atoms with Crippen molar-refractivity contribution in [3.8, 4) is 17.6 Å². The second kappa shape index (κ2) is 8.75. The highest BCUT2D eigenvalue weighted by Crippen LogP contribution is 2.26. The first-order chi connectivity index (χ1) is 11.4. The third-order valence-corrected chi connectivity index (χ3v) is 5.18. The van der Waals surface area contributed by atoms with E-state index in [2.05, 4.69) is 11.8 Å². The average Bonchev–Trinajstić information content (AvgIpc) is 3.01. The number of rotatable bonds is 6. The maximum absolute atomic E-state index is 9.17. The van der Waals surface area contributed by atoms with Gasteiger partial charge in [-0.1, -0.05) is 35.0 Å². The molecule has 3 nitrogen and oxygen atoms in total. The SMILES string of the molecule is CC(N)(CO)CCc1ccc(C#CCOc2ccc(Cl)c(Cl)c2)s1. The Morgan fingerprint density at radius 2 is 2.04 bits per heavy atom. The van der Waals surface area contributed by atoms with Crippen LogP contribution in [0.5, 0.6) is 5.75 Å². The summed E-state index contributed by atoms with van der Waals surface area (Å²) in [7, 11) is 0. The maximum atomic E-state index is 9.17. The smallest absolute Gasteiger partial charge is 0.149 e. The van der Waals surface area contributed by atoms with Crippen molar-refractivity contribution in [3.05, 3.63) is 50.1 Å². The molecule has 0 saturated carbocycles. The van der Waals surface area contributed by atoms with Crippen LogP contribution in [0.3, 0.4) is 0 Å². The van der Waals surface area contributed by atoms with E-state index < -0.39 is 5.54 Å². The minimum atomic E-state index is -0.538. The van der Waals surface area contributed by atoms with Gasteiger partial charge in [0.2, 0.25) is 0 Å². The molecule has 0 aliphatic rings. The summed E-state index contributed by atoms with van der Waals surface area (Å²) in [4.78, 5) is 2.18. The lowest BCUT2D eigenvalue weighted by Gasteiger charge is -2.20. The van der Waals surface area contributed by atoms with Crippen LogP contribution in [0.15, 0.2) is 30.3 Å². The number of aryl methyl sites for hydroxylation is 1. The van der Waals surface area contributed by atoms with Gasteiger partial charge in [-0.2, -0.15) is 0 Å². The zero-order chi connectivity index (χ0) is 17.6. The van der Waals surface area contributed by atoms with Gasteiger partial charge in [-0.05, 0) is 44.0 Å². The van der Waals surface area contributed by atoms with E-state index in [1.54, 1.807) is 29.5 Å². The lowest BCUT2D eigenvalue weighted by molar-refractivity contribution is 0.201. The van der Waals surface area contributed by atoms with Gasteiger partial charge in [0.1, 0.15) is 12.4 Å². The number of hydrogen-bond acceptors (Lipinski definition) is 4. The van der Waals surface area contributed by atoms with Gasteiger partial charge in [-0.3, -0.25) is 0 Å². The van der Waals surface area contributed by atoms with E-state index in [0.717, 1.165) is 17.7 Å². The number of aliphatic hydroxyl groups is 1. The molecule has 0 spiro atoms. The number of ether oxygens (including phenoxy) is 1. The van der Waals surface area contributed by atoms with Crippen LogP contribution in [0.2, 0.25) is 10.0 Å². The fourth-order valence-corrected chi connectivity index (χ4v) is 3.05. The van der Waals surface area contributed by atoms with Gasteiger partial charge in [0.15, 0.2) is 0 Å². The molecule has 6 heteroatoms. The van der Waals surface area contributed by atoms with E-state index in [4.69, 9.17) is 33.7 Å². The zero-order valence-corrected chi connectivity index (χ0v) is 15.6. The van der Waals surface area contributed by atoms with E-state index >= 15 is 0 Å². The van der Waals surface area contributed by atoms with Gasteiger partial charge in [-0.25, -0.2) is 0 Å². The molecule has 1 heterocycles. The lowest BCUT2D eigenvalue weighted by Crippen LogP contribution is -2.40. The Balaban J connectivity index is 1.84. The summed E-state index contributed by atoms with van der Waals surface area (Å²) in [6, 6.07) is 9.14. The zero-order valence-electron chi connectivity index (χ0n) is 13.3. The van der Waals surface area contributed by atoms with Crippen molar-refractivity contribution in [2.45, 2.75) is 25.3 Å². The lowest BCUT2D eigenvalue weighted by atomic mass is 9.98. The molecule has 0 amide bonds. The van der Waals surface area contributed by atoms with Crippen LogP contribution in [-0.4, -0.2) is 23.9 Å².